The molecule has 0 fully saturated rings. The standard InChI is InChI=1S/C16H19F3N4O4S/c17-16(18,19)27-12-5-3-6-13(11-12)28(25,26)20-8-4-10-23-15(24)22-9-2-1-7-14(22)21-23/h3,5-6,11,20H,1-2,4,7-10H2. The fraction of sp³-hybridized carbons (Fsp3) is 0.500. The maximum Gasteiger partial charge on any atom is 0.573 e. The van der Waals surface area contributed by atoms with E-state index in [1.165, 1.54) is 10.7 Å². The molecule has 1 aromatic heterocycles. The smallest absolute Gasteiger partial charge is 0.406 e. The van der Waals surface area contributed by atoms with Gasteiger partial charge in [0.2, 0.25) is 10.0 Å². The van der Waals surface area contributed by atoms with Crippen LogP contribution in [0.1, 0.15) is 25.1 Å². The van der Waals surface area contributed by atoms with Crippen molar-refractivity contribution in [2.75, 3.05) is 6.54 Å². The van der Waals surface area contributed by atoms with Crippen LogP contribution >= 0.6 is 0 Å². The predicted octanol–water partition coefficient (Wildman–Crippen LogP) is 1.65. The van der Waals surface area contributed by atoms with Gasteiger partial charge in [0.15, 0.2) is 0 Å². The first kappa shape index (κ1) is 20.4. The van der Waals surface area contributed by atoms with Gasteiger partial charge < -0.3 is 4.74 Å². The summed E-state index contributed by atoms with van der Waals surface area (Å²) in [5, 5.41) is 4.25. The number of ether oxygens (including phenoxy) is 1. The fourth-order valence-corrected chi connectivity index (χ4v) is 4.06. The van der Waals surface area contributed by atoms with Gasteiger partial charge in [0, 0.05) is 32.1 Å². The molecule has 2 aromatic rings. The number of aromatic nitrogens is 3. The Labute approximate surface area is 159 Å². The van der Waals surface area contributed by atoms with Gasteiger partial charge in [-0.15, -0.1) is 13.2 Å². The van der Waals surface area contributed by atoms with Gasteiger partial charge >= 0.3 is 12.1 Å². The van der Waals surface area contributed by atoms with Crippen molar-refractivity contribution in [1.29, 1.82) is 0 Å². The molecule has 3 rings (SSSR count). The topological polar surface area (TPSA) is 95.2 Å². The largest absolute Gasteiger partial charge is 0.573 e. The van der Waals surface area contributed by atoms with Crippen LogP contribution in [0.2, 0.25) is 0 Å². The van der Waals surface area contributed by atoms with Crippen LogP contribution in [0.3, 0.4) is 0 Å². The van der Waals surface area contributed by atoms with E-state index in [4.69, 9.17) is 0 Å². The normalized spacial score (nSPS) is 14.7. The zero-order chi connectivity index (χ0) is 20.4. The van der Waals surface area contributed by atoms with E-state index in [9.17, 15) is 26.4 Å². The molecule has 1 N–H and O–H groups in total. The van der Waals surface area contributed by atoms with E-state index in [0.29, 0.717) is 13.0 Å². The van der Waals surface area contributed by atoms with Crippen LogP contribution in [0, 0.1) is 0 Å². The molecule has 0 bridgehead atoms. The number of sulfonamides is 1. The second kappa shape index (κ2) is 7.95. The lowest BCUT2D eigenvalue weighted by Gasteiger charge is -2.11. The Kier molecular flexibility index (Phi) is 5.79. The summed E-state index contributed by atoms with van der Waals surface area (Å²) in [6.07, 6.45) is -1.96. The molecule has 1 aliphatic heterocycles. The number of hydrogen-bond acceptors (Lipinski definition) is 5. The number of aryl methyl sites for hydroxylation is 2. The molecule has 0 saturated heterocycles. The van der Waals surface area contributed by atoms with Gasteiger partial charge in [0.1, 0.15) is 11.6 Å². The zero-order valence-corrected chi connectivity index (χ0v) is 15.6. The third-order valence-electron chi connectivity index (χ3n) is 4.22. The fourth-order valence-electron chi connectivity index (χ4n) is 2.95. The van der Waals surface area contributed by atoms with Crippen molar-refractivity contribution in [1.82, 2.24) is 19.1 Å². The summed E-state index contributed by atoms with van der Waals surface area (Å²) in [7, 11) is -4.02. The molecule has 0 amide bonds. The first-order valence-electron chi connectivity index (χ1n) is 8.68. The highest BCUT2D eigenvalue weighted by atomic mass is 32.2. The summed E-state index contributed by atoms with van der Waals surface area (Å²) >= 11 is 0. The first-order valence-corrected chi connectivity index (χ1v) is 10.2. The molecule has 0 unspecified atom stereocenters. The quantitative estimate of drug-likeness (QED) is 0.688. The second-order valence-corrected chi connectivity index (χ2v) is 8.07. The summed E-state index contributed by atoms with van der Waals surface area (Å²) in [5.74, 6) is 0.115. The number of fused-ring (bicyclic) bond motifs is 1. The highest BCUT2D eigenvalue weighted by Crippen LogP contribution is 2.24. The molecule has 0 saturated carbocycles. The molecular weight excluding hydrogens is 401 g/mol. The third kappa shape index (κ3) is 4.93. The minimum absolute atomic E-state index is 0.00131. The molecule has 2 heterocycles. The van der Waals surface area contributed by atoms with Crippen LogP contribution in [-0.4, -0.2) is 35.7 Å². The number of nitrogens with one attached hydrogen (secondary N) is 1. The summed E-state index contributed by atoms with van der Waals surface area (Å²) in [5.41, 5.74) is -0.213. The van der Waals surface area contributed by atoms with E-state index in [0.717, 1.165) is 43.3 Å². The van der Waals surface area contributed by atoms with Crippen molar-refractivity contribution in [3.8, 4) is 5.75 Å². The van der Waals surface area contributed by atoms with Crippen LogP contribution in [0.5, 0.6) is 5.75 Å². The summed E-state index contributed by atoms with van der Waals surface area (Å²) < 4.78 is 70.3. The van der Waals surface area contributed by atoms with Gasteiger partial charge in [0.25, 0.3) is 0 Å². The number of hydrogen-bond donors (Lipinski definition) is 1. The van der Waals surface area contributed by atoms with E-state index < -0.39 is 22.1 Å². The maximum absolute atomic E-state index is 12.3. The Morgan fingerprint density at radius 3 is 2.75 bits per heavy atom. The molecule has 28 heavy (non-hydrogen) atoms. The highest BCUT2D eigenvalue weighted by molar-refractivity contribution is 7.89. The molecule has 8 nitrogen and oxygen atoms in total. The summed E-state index contributed by atoms with van der Waals surface area (Å²) in [6.45, 7) is 0.872. The summed E-state index contributed by atoms with van der Waals surface area (Å²) in [4.78, 5) is 11.9. The van der Waals surface area contributed by atoms with Crippen molar-refractivity contribution in [2.45, 2.75) is 50.0 Å². The van der Waals surface area contributed by atoms with Crippen molar-refractivity contribution in [3.05, 3.63) is 40.6 Å². The lowest BCUT2D eigenvalue weighted by Crippen LogP contribution is -2.29. The van der Waals surface area contributed by atoms with Gasteiger partial charge in [-0.2, -0.15) is 5.10 Å². The molecule has 0 aliphatic carbocycles. The molecule has 1 aliphatic rings. The molecule has 154 valence electrons. The Morgan fingerprint density at radius 2 is 2.04 bits per heavy atom. The van der Waals surface area contributed by atoms with Crippen LogP contribution < -0.4 is 15.1 Å². The molecule has 1 aromatic carbocycles. The van der Waals surface area contributed by atoms with Crippen LogP contribution in [-0.2, 0) is 29.5 Å². The minimum atomic E-state index is -4.91. The van der Waals surface area contributed by atoms with Crippen molar-refractivity contribution in [3.63, 3.8) is 0 Å². The van der Waals surface area contributed by atoms with Crippen LogP contribution in [0.15, 0.2) is 34.0 Å². The third-order valence-corrected chi connectivity index (χ3v) is 5.68. The molecule has 12 heteroatoms. The van der Waals surface area contributed by atoms with Crippen molar-refractivity contribution >= 4 is 10.0 Å². The molecule has 0 spiro atoms. The Balaban J connectivity index is 1.58. The number of halogens is 3. The van der Waals surface area contributed by atoms with E-state index in [1.54, 1.807) is 4.57 Å². The zero-order valence-electron chi connectivity index (χ0n) is 14.8. The Morgan fingerprint density at radius 1 is 1.25 bits per heavy atom. The number of alkyl halides is 3. The monoisotopic (exact) mass is 420 g/mol. The van der Waals surface area contributed by atoms with Gasteiger partial charge in [-0.3, -0.25) is 4.57 Å². The van der Waals surface area contributed by atoms with Gasteiger partial charge in [-0.1, -0.05) is 6.07 Å². The SMILES string of the molecule is O=c1n(CCCNS(=O)(=O)c2cccc(OC(F)(F)F)c2)nc2n1CCCC2. The van der Waals surface area contributed by atoms with Gasteiger partial charge in [-0.05, 0) is 31.4 Å². The Bertz CT molecular complexity index is 998. The van der Waals surface area contributed by atoms with Gasteiger partial charge in [0.05, 0.1) is 4.90 Å². The van der Waals surface area contributed by atoms with Crippen LogP contribution in [0.25, 0.3) is 0 Å². The van der Waals surface area contributed by atoms with Crippen molar-refractivity contribution in [2.24, 2.45) is 0 Å². The molecule has 0 radical (unpaired) electrons. The van der Waals surface area contributed by atoms with Crippen molar-refractivity contribution < 1.29 is 26.3 Å². The molecular formula is C16H19F3N4O4S. The van der Waals surface area contributed by atoms with Crippen LogP contribution in [0.4, 0.5) is 13.2 Å². The number of benzene rings is 1. The lowest BCUT2D eigenvalue weighted by molar-refractivity contribution is -0.274. The second-order valence-electron chi connectivity index (χ2n) is 6.30. The predicted molar refractivity (Wildman–Crippen MR) is 92.4 cm³/mol. The van der Waals surface area contributed by atoms with E-state index in [-0.39, 0.29) is 23.7 Å². The first-order chi connectivity index (χ1) is 13.2. The maximum atomic E-state index is 12.3. The average Bonchev–Trinajstić information content (AvgIpc) is 2.94. The van der Waals surface area contributed by atoms with E-state index in [1.807, 2.05) is 0 Å². The van der Waals surface area contributed by atoms with Gasteiger partial charge in [-0.25, -0.2) is 22.6 Å². The lowest BCUT2D eigenvalue weighted by atomic mass is 10.2. The average molecular weight is 420 g/mol. The minimum Gasteiger partial charge on any atom is -0.406 e. The Hall–Kier alpha value is -2.34. The van der Waals surface area contributed by atoms with E-state index >= 15 is 0 Å². The number of nitrogens with zero attached hydrogens (tertiary/aromatic N) is 3. The highest BCUT2D eigenvalue weighted by Gasteiger charge is 2.31. The summed E-state index contributed by atoms with van der Waals surface area (Å²) in [6, 6.07) is 4.13. The molecule has 0 atom stereocenters. The number of rotatable bonds is 7. The van der Waals surface area contributed by atoms with E-state index in [2.05, 4.69) is 14.6 Å².